The van der Waals surface area contributed by atoms with Crippen LogP contribution in [0.5, 0.6) is 0 Å². The van der Waals surface area contributed by atoms with Gasteiger partial charge in [-0.3, -0.25) is 0 Å². The Balaban J connectivity index is 1.25. The molecule has 0 unspecified atom stereocenters. The monoisotopic (exact) mass is 555 g/mol. The molecule has 1 spiro atoms. The zero-order chi connectivity index (χ0) is 27.5. The fourth-order valence-corrected chi connectivity index (χ4v) is 11.7. The van der Waals surface area contributed by atoms with Crippen molar-refractivity contribution in [2.24, 2.45) is 5.92 Å². The second-order valence-electron chi connectivity index (χ2n) is 11.4. The van der Waals surface area contributed by atoms with Crippen molar-refractivity contribution in [2.45, 2.75) is 37.3 Å². The third-order valence-electron chi connectivity index (χ3n) is 8.87. The Morgan fingerprint density at radius 1 is 0.512 bits per heavy atom. The predicted molar refractivity (Wildman–Crippen MR) is 171 cm³/mol. The van der Waals surface area contributed by atoms with Crippen molar-refractivity contribution >= 4 is 23.2 Å². The molecule has 1 saturated heterocycles. The SMILES string of the molecule is c1ccc([C@H]2OC3(CC[C@H](C[P+](c4ccccc4)(c4ccccc4)c4ccccc4)C3)O[C@@H]2c2ccccc2)cc1. The normalized spacial score (nSPS) is 21.7. The van der Waals surface area contributed by atoms with E-state index in [2.05, 4.69) is 152 Å². The lowest BCUT2D eigenvalue weighted by Crippen LogP contribution is -2.36. The van der Waals surface area contributed by atoms with Crippen molar-refractivity contribution in [2.75, 3.05) is 6.16 Å². The first kappa shape index (κ1) is 26.4. The zero-order valence-electron chi connectivity index (χ0n) is 23.3. The summed E-state index contributed by atoms with van der Waals surface area (Å²) < 4.78 is 14.0. The van der Waals surface area contributed by atoms with E-state index in [1.54, 1.807) is 0 Å². The molecule has 0 amide bonds. The summed E-state index contributed by atoms with van der Waals surface area (Å²) in [6, 6.07) is 54.9. The summed E-state index contributed by atoms with van der Waals surface area (Å²) in [5.74, 6) is -0.0827. The Bertz CT molecular complexity index is 1400. The summed E-state index contributed by atoms with van der Waals surface area (Å²) in [4.78, 5) is 0. The van der Waals surface area contributed by atoms with Gasteiger partial charge in [0.15, 0.2) is 5.79 Å². The van der Waals surface area contributed by atoms with Gasteiger partial charge in [0.25, 0.3) is 0 Å². The van der Waals surface area contributed by atoms with E-state index in [-0.39, 0.29) is 12.2 Å². The van der Waals surface area contributed by atoms with E-state index in [1.165, 1.54) is 27.0 Å². The summed E-state index contributed by atoms with van der Waals surface area (Å²) in [7, 11) is -1.92. The van der Waals surface area contributed by atoms with Crippen LogP contribution in [0.15, 0.2) is 152 Å². The van der Waals surface area contributed by atoms with Gasteiger partial charge in [-0.1, -0.05) is 115 Å². The Kier molecular flexibility index (Phi) is 7.31. The van der Waals surface area contributed by atoms with Crippen LogP contribution < -0.4 is 15.9 Å². The van der Waals surface area contributed by atoms with Crippen molar-refractivity contribution in [3.05, 3.63) is 163 Å². The second-order valence-corrected chi connectivity index (χ2v) is 15.0. The lowest BCUT2D eigenvalue weighted by Gasteiger charge is -2.30. The van der Waals surface area contributed by atoms with Crippen molar-refractivity contribution in [3.8, 4) is 0 Å². The lowest BCUT2D eigenvalue weighted by molar-refractivity contribution is -0.172. The summed E-state index contributed by atoms with van der Waals surface area (Å²) in [5, 5.41) is 4.32. The topological polar surface area (TPSA) is 18.5 Å². The van der Waals surface area contributed by atoms with Gasteiger partial charge < -0.3 is 9.47 Å². The van der Waals surface area contributed by atoms with Crippen LogP contribution in [0.1, 0.15) is 42.6 Å². The molecule has 1 aliphatic heterocycles. The summed E-state index contributed by atoms with van der Waals surface area (Å²) in [6.45, 7) is 0. The predicted octanol–water partition coefficient (Wildman–Crippen LogP) is 8.01. The van der Waals surface area contributed by atoms with Crippen molar-refractivity contribution in [1.29, 1.82) is 0 Å². The minimum Gasteiger partial charge on any atom is -0.339 e. The largest absolute Gasteiger partial charge is 0.339 e. The van der Waals surface area contributed by atoms with E-state index in [0.717, 1.165) is 25.4 Å². The fourth-order valence-electron chi connectivity index (χ4n) is 7.02. The second kappa shape index (κ2) is 11.4. The highest BCUT2D eigenvalue weighted by Crippen LogP contribution is 2.61. The number of benzene rings is 5. The van der Waals surface area contributed by atoms with Crippen molar-refractivity contribution in [3.63, 3.8) is 0 Å². The molecule has 204 valence electrons. The van der Waals surface area contributed by atoms with E-state index in [9.17, 15) is 0 Å². The first-order valence-electron chi connectivity index (χ1n) is 14.8. The van der Waals surface area contributed by atoms with Crippen LogP contribution in [0.3, 0.4) is 0 Å². The molecule has 0 aromatic heterocycles. The quantitative estimate of drug-likeness (QED) is 0.190. The van der Waals surface area contributed by atoms with Crippen LogP contribution in [0.25, 0.3) is 0 Å². The molecule has 0 bridgehead atoms. The van der Waals surface area contributed by atoms with Crippen molar-refractivity contribution in [1.82, 2.24) is 0 Å². The van der Waals surface area contributed by atoms with E-state index >= 15 is 0 Å². The summed E-state index contributed by atoms with van der Waals surface area (Å²) in [5.41, 5.74) is 2.36. The first-order valence-corrected chi connectivity index (χ1v) is 16.7. The Hall–Kier alpha value is -3.55. The van der Waals surface area contributed by atoms with Crippen LogP contribution in [0.4, 0.5) is 0 Å². The third-order valence-corrected chi connectivity index (χ3v) is 13.5. The van der Waals surface area contributed by atoms with Gasteiger partial charge in [-0.2, -0.15) is 0 Å². The van der Waals surface area contributed by atoms with E-state index < -0.39 is 13.0 Å². The molecule has 2 nitrogen and oxygen atoms in total. The first-order chi connectivity index (χ1) is 20.3. The maximum absolute atomic E-state index is 7.01. The Labute approximate surface area is 244 Å². The molecule has 2 aliphatic rings. The molecule has 5 aromatic carbocycles. The molecule has 5 aromatic rings. The van der Waals surface area contributed by atoms with Gasteiger partial charge in [0.1, 0.15) is 35.4 Å². The van der Waals surface area contributed by atoms with Crippen LogP contribution >= 0.6 is 7.26 Å². The summed E-state index contributed by atoms with van der Waals surface area (Å²) in [6.07, 6.45) is 3.79. The summed E-state index contributed by atoms with van der Waals surface area (Å²) >= 11 is 0. The molecule has 0 N–H and O–H groups in total. The van der Waals surface area contributed by atoms with Gasteiger partial charge in [-0.15, -0.1) is 0 Å². The smallest absolute Gasteiger partial charge is 0.170 e. The van der Waals surface area contributed by atoms with E-state index in [1.807, 2.05) is 0 Å². The molecule has 2 fully saturated rings. The Morgan fingerprint density at radius 2 is 0.878 bits per heavy atom. The van der Waals surface area contributed by atoms with Gasteiger partial charge >= 0.3 is 0 Å². The zero-order valence-corrected chi connectivity index (χ0v) is 24.2. The number of hydrogen-bond donors (Lipinski definition) is 0. The fraction of sp³-hybridized carbons (Fsp3) is 0.211. The average Bonchev–Trinajstić information content (AvgIpc) is 3.64. The molecular formula is C38H36O2P+. The van der Waals surface area contributed by atoms with Crippen LogP contribution in [-0.4, -0.2) is 11.9 Å². The molecule has 0 radical (unpaired) electrons. The number of hydrogen-bond acceptors (Lipinski definition) is 2. The van der Waals surface area contributed by atoms with E-state index in [4.69, 9.17) is 9.47 Å². The third kappa shape index (κ3) is 5.06. The number of rotatable bonds is 7. The molecule has 41 heavy (non-hydrogen) atoms. The molecule has 7 rings (SSSR count). The maximum Gasteiger partial charge on any atom is 0.170 e. The lowest BCUT2D eigenvalue weighted by atomic mass is 9.99. The molecule has 1 aliphatic carbocycles. The highest BCUT2D eigenvalue weighted by molar-refractivity contribution is 7.95. The van der Waals surface area contributed by atoms with Crippen LogP contribution in [0, 0.1) is 5.92 Å². The van der Waals surface area contributed by atoms with Crippen LogP contribution in [0.2, 0.25) is 0 Å². The van der Waals surface area contributed by atoms with E-state index in [0.29, 0.717) is 5.92 Å². The Morgan fingerprint density at radius 3 is 1.27 bits per heavy atom. The average molecular weight is 556 g/mol. The standard InChI is InChI=1S/C38H36O2P/c1-6-16-31(17-7-1)36-37(32-18-8-2-9-19-32)40-38(39-36)27-26-30(28-38)29-41(33-20-10-3-11-21-33,34-22-12-4-13-23-34)35-24-14-5-15-25-35/h1-25,30,36-37H,26-29H2/q+1/t30-,36+,37+/m0/s1. The minimum atomic E-state index is -1.92. The van der Waals surface area contributed by atoms with Gasteiger partial charge in [-0.05, 0) is 59.9 Å². The molecule has 1 saturated carbocycles. The molecule has 1 heterocycles. The van der Waals surface area contributed by atoms with Gasteiger partial charge in [0.05, 0.1) is 6.16 Å². The van der Waals surface area contributed by atoms with Gasteiger partial charge in [-0.25, -0.2) is 0 Å². The van der Waals surface area contributed by atoms with Crippen LogP contribution in [-0.2, 0) is 9.47 Å². The van der Waals surface area contributed by atoms with Gasteiger partial charge in [0, 0.05) is 12.8 Å². The highest BCUT2D eigenvalue weighted by atomic mass is 31.2. The molecular weight excluding hydrogens is 519 g/mol. The maximum atomic E-state index is 7.01. The highest BCUT2D eigenvalue weighted by Gasteiger charge is 2.56. The van der Waals surface area contributed by atoms with Gasteiger partial charge in [0.2, 0.25) is 0 Å². The molecule has 3 heteroatoms. The minimum absolute atomic E-state index is 0.116. The number of ether oxygens (including phenoxy) is 2. The van der Waals surface area contributed by atoms with Crippen molar-refractivity contribution < 1.29 is 9.47 Å². The molecule has 3 atom stereocenters.